The van der Waals surface area contributed by atoms with Gasteiger partial charge in [0.05, 0.1) is 25.0 Å². The molecule has 2 aromatic rings. The molecule has 2 unspecified atom stereocenters. The molecule has 0 radical (unpaired) electrons. The maximum absolute atomic E-state index is 9.31. The van der Waals surface area contributed by atoms with Crippen LogP contribution >= 0.6 is 11.6 Å². The van der Waals surface area contributed by atoms with Crippen molar-refractivity contribution in [2.24, 2.45) is 4.99 Å². The van der Waals surface area contributed by atoms with Gasteiger partial charge in [-0.1, -0.05) is 30.7 Å². The predicted molar refractivity (Wildman–Crippen MR) is 131 cm³/mol. The third kappa shape index (κ3) is 5.45. The number of nitrogens with zero attached hydrogens (tertiary/aromatic N) is 2. The van der Waals surface area contributed by atoms with E-state index in [-0.39, 0.29) is 18.8 Å². The molecule has 32 heavy (non-hydrogen) atoms. The van der Waals surface area contributed by atoms with Crippen molar-refractivity contribution < 1.29 is 14.6 Å². The summed E-state index contributed by atoms with van der Waals surface area (Å²) in [6, 6.07) is 12.7. The van der Waals surface area contributed by atoms with E-state index in [1.54, 1.807) is 0 Å². The van der Waals surface area contributed by atoms with Crippen molar-refractivity contribution in [3.8, 4) is 11.1 Å². The highest BCUT2D eigenvalue weighted by atomic mass is 35.5. The number of halogens is 1. The van der Waals surface area contributed by atoms with Crippen molar-refractivity contribution >= 4 is 28.9 Å². The fourth-order valence-corrected chi connectivity index (χ4v) is 4.72. The summed E-state index contributed by atoms with van der Waals surface area (Å²) >= 11 is 6.64. The average molecular weight is 457 g/mol. The lowest BCUT2D eigenvalue weighted by Gasteiger charge is -2.18. The van der Waals surface area contributed by atoms with Gasteiger partial charge in [-0.2, -0.15) is 0 Å². The summed E-state index contributed by atoms with van der Waals surface area (Å²) in [5, 5.41) is 10.0. The first-order valence-electron chi connectivity index (χ1n) is 11.7. The van der Waals surface area contributed by atoms with Crippen LogP contribution in [0.25, 0.3) is 11.1 Å². The molecule has 4 rings (SSSR count). The molecule has 0 aromatic heterocycles. The highest BCUT2D eigenvalue weighted by Crippen LogP contribution is 2.36. The maximum Gasteiger partial charge on any atom is 0.188 e. The van der Waals surface area contributed by atoms with Gasteiger partial charge in [0.2, 0.25) is 0 Å². The first kappa shape index (κ1) is 23.1. The van der Waals surface area contributed by atoms with Gasteiger partial charge in [-0.3, -0.25) is 0 Å². The van der Waals surface area contributed by atoms with E-state index in [9.17, 15) is 5.11 Å². The van der Waals surface area contributed by atoms with Crippen molar-refractivity contribution in [2.45, 2.75) is 58.2 Å². The van der Waals surface area contributed by atoms with E-state index in [1.165, 1.54) is 18.5 Å². The molecule has 172 valence electrons. The van der Waals surface area contributed by atoms with Crippen LogP contribution in [0.15, 0.2) is 41.4 Å². The number of anilines is 1. The maximum atomic E-state index is 9.31. The molecule has 0 saturated carbocycles. The Morgan fingerprint density at radius 1 is 1.22 bits per heavy atom. The largest absolute Gasteiger partial charge is 0.475 e. The van der Waals surface area contributed by atoms with Crippen LogP contribution in [0.5, 0.6) is 0 Å². The van der Waals surface area contributed by atoms with Crippen LogP contribution in [0.4, 0.5) is 11.4 Å². The Labute approximate surface area is 196 Å². The number of aryl methyl sites for hydroxylation is 1. The first-order chi connectivity index (χ1) is 15.6. The summed E-state index contributed by atoms with van der Waals surface area (Å²) in [6.07, 6.45) is 4.70. The van der Waals surface area contributed by atoms with Gasteiger partial charge in [0.25, 0.3) is 0 Å². The van der Waals surface area contributed by atoms with Crippen LogP contribution in [0, 0.1) is 6.92 Å². The van der Waals surface area contributed by atoms with Gasteiger partial charge in [0.1, 0.15) is 6.10 Å². The zero-order valence-electron chi connectivity index (χ0n) is 19.0. The van der Waals surface area contributed by atoms with Crippen LogP contribution in [0.3, 0.4) is 0 Å². The van der Waals surface area contributed by atoms with E-state index >= 15 is 0 Å². The molecule has 0 spiro atoms. The monoisotopic (exact) mass is 456 g/mol. The minimum Gasteiger partial charge on any atom is -0.475 e. The minimum atomic E-state index is -0.143. The molecule has 2 aliphatic rings. The van der Waals surface area contributed by atoms with Gasteiger partial charge >= 0.3 is 0 Å². The molecule has 2 aliphatic heterocycles. The lowest BCUT2D eigenvalue weighted by atomic mass is 10.0. The normalized spacial score (nSPS) is 21.4. The van der Waals surface area contributed by atoms with E-state index in [0.29, 0.717) is 18.9 Å². The Hall–Kier alpha value is -2.08. The van der Waals surface area contributed by atoms with Crippen LogP contribution < -0.4 is 4.90 Å². The lowest BCUT2D eigenvalue weighted by Crippen LogP contribution is -2.19. The van der Waals surface area contributed by atoms with Crippen LogP contribution in [0.2, 0.25) is 5.02 Å². The number of aliphatic imine (C=N–C) groups is 1. The molecule has 2 atom stereocenters. The molecule has 2 fully saturated rings. The Morgan fingerprint density at radius 3 is 2.62 bits per heavy atom. The smallest absolute Gasteiger partial charge is 0.188 e. The second-order valence-corrected chi connectivity index (χ2v) is 9.14. The minimum absolute atomic E-state index is 0.0241. The van der Waals surface area contributed by atoms with Crippen molar-refractivity contribution in [1.29, 1.82) is 0 Å². The first-order valence-corrected chi connectivity index (χ1v) is 12.1. The van der Waals surface area contributed by atoms with Gasteiger partial charge in [-0.05, 0) is 61.6 Å². The molecular formula is C26H33ClN2O3. The number of ether oxygens (including phenoxy) is 2. The number of hydrogen-bond acceptors (Lipinski definition) is 5. The van der Waals surface area contributed by atoms with Crippen molar-refractivity contribution in [3.05, 3.63) is 47.0 Å². The molecule has 1 N–H and O–H groups in total. The number of benzene rings is 2. The second kappa shape index (κ2) is 10.7. The van der Waals surface area contributed by atoms with E-state index < -0.39 is 0 Å². The summed E-state index contributed by atoms with van der Waals surface area (Å²) in [5.41, 5.74) is 5.22. The van der Waals surface area contributed by atoms with Gasteiger partial charge in [-0.15, -0.1) is 0 Å². The second-order valence-electron chi connectivity index (χ2n) is 8.73. The SMILES string of the molecule is CCCC(=Nc1cc(-c2ccc(N3CCCC3)cc2)c(Cl)cc1C)OC1COC(CO)C1. The van der Waals surface area contributed by atoms with Crippen LogP contribution in [0.1, 0.15) is 44.6 Å². The summed E-state index contributed by atoms with van der Waals surface area (Å²) in [4.78, 5) is 7.31. The molecule has 0 aliphatic carbocycles. The Morgan fingerprint density at radius 2 is 1.97 bits per heavy atom. The van der Waals surface area contributed by atoms with Gasteiger partial charge in [-0.25, -0.2) is 4.99 Å². The third-order valence-electron chi connectivity index (χ3n) is 6.19. The van der Waals surface area contributed by atoms with Gasteiger partial charge in [0, 0.05) is 42.2 Å². The number of aliphatic hydroxyl groups excluding tert-OH is 1. The van der Waals surface area contributed by atoms with E-state index in [0.717, 1.165) is 53.3 Å². The van der Waals surface area contributed by atoms with E-state index in [4.69, 9.17) is 26.1 Å². The average Bonchev–Trinajstić information content (AvgIpc) is 3.48. The topological polar surface area (TPSA) is 54.3 Å². The van der Waals surface area contributed by atoms with E-state index in [1.807, 2.05) is 13.0 Å². The summed E-state index contributed by atoms with van der Waals surface area (Å²) in [5.74, 6) is 0.709. The molecule has 0 bridgehead atoms. The molecule has 2 saturated heterocycles. The highest BCUT2D eigenvalue weighted by molar-refractivity contribution is 6.33. The lowest BCUT2D eigenvalue weighted by molar-refractivity contribution is 0.0524. The number of aliphatic hydroxyl groups is 1. The summed E-state index contributed by atoms with van der Waals surface area (Å²) < 4.78 is 11.7. The summed E-state index contributed by atoms with van der Waals surface area (Å²) in [6.45, 7) is 6.92. The molecule has 5 nitrogen and oxygen atoms in total. The van der Waals surface area contributed by atoms with E-state index in [2.05, 4.69) is 42.2 Å². The van der Waals surface area contributed by atoms with Crippen LogP contribution in [-0.2, 0) is 9.47 Å². The Balaban J connectivity index is 1.57. The van der Waals surface area contributed by atoms with Crippen molar-refractivity contribution in [3.63, 3.8) is 0 Å². The molecule has 2 aromatic carbocycles. The Bertz CT molecular complexity index is 939. The third-order valence-corrected chi connectivity index (χ3v) is 6.51. The zero-order chi connectivity index (χ0) is 22.5. The standard InChI is InChI=1S/C26H33ClN2O3/c1-3-6-26(32-22-14-21(16-30)31-17-22)28-25-15-23(24(27)13-18(25)2)19-7-9-20(10-8-19)29-11-4-5-12-29/h7-10,13,15,21-22,30H,3-6,11-12,14,16-17H2,1-2H3. The number of hydrogen-bond donors (Lipinski definition) is 1. The Kier molecular flexibility index (Phi) is 7.71. The number of rotatable bonds is 7. The fourth-order valence-electron chi connectivity index (χ4n) is 4.39. The zero-order valence-corrected chi connectivity index (χ0v) is 19.8. The highest BCUT2D eigenvalue weighted by Gasteiger charge is 2.27. The van der Waals surface area contributed by atoms with Crippen LogP contribution in [-0.4, -0.2) is 49.5 Å². The van der Waals surface area contributed by atoms with Crippen molar-refractivity contribution in [2.75, 3.05) is 31.2 Å². The van der Waals surface area contributed by atoms with Gasteiger partial charge < -0.3 is 19.5 Å². The quantitative estimate of drug-likeness (QED) is 0.415. The molecule has 0 amide bonds. The molecule has 6 heteroatoms. The predicted octanol–water partition coefficient (Wildman–Crippen LogP) is 5.91. The van der Waals surface area contributed by atoms with Gasteiger partial charge in [0.15, 0.2) is 5.90 Å². The molecular weight excluding hydrogens is 424 g/mol. The molecule has 2 heterocycles. The van der Waals surface area contributed by atoms with Crippen molar-refractivity contribution in [1.82, 2.24) is 0 Å². The summed E-state index contributed by atoms with van der Waals surface area (Å²) in [7, 11) is 0. The fraction of sp³-hybridized carbons (Fsp3) is 0.500.